The molecule has 2 fully saturated rings. The molecule has 0 radical (unpaired) electrons. The topological polar surface area (TPSA) is 0 Å². The fourth-order valence-corrected chi connectivity index (χ4v) is 5.25. The van der Waals surface area contributed by atoms with Gasteiger partial charge in [0, 0.05) is 0 Å². The van der Waals surface area contributed by atoms with E-state index in [9.17, 15) is 0 Å². The zero-order valence-corrected chi connectivity index (χ0v) is 16.3. The largest absolute Gasteiger partial charge is 0.0654 e. The van der Waals surface area contributed by atoms with E-state index in [4.69, 9.17) is 0 Å². The summed E-state index contributed by atoms with van der Waals surface area (Å²) in [6, 6.07) is 0. The molecule has 2 aliphatic rings. The summed E-state index contributed by atoms with van der Waals surface area (Å²) in [7, 11) is 0. The van der Waals surface area contributed by atoms with Crippen molar-refractivity contribution >= 4 is 0 Å². The van der Waals surface area contributed by atoms with Gasteiger partial charge in [-0.2, -0.15) is 0 Å². The molecule has 0 aromatic carbocycles. The Morgan fingerprint density at radius 1 is 0.478 bits per heavy atom. The third-order valence-corrected chi connectivity index (χ3v) is 7.21. The monoisotopic (exact) mass is 320 g/mol. The molecule has 0 heterocycles. The molecule has 2 aliphatic carbocycles. The van der Waals surface area contributed by atoms with Crippen LogP contribution in [0.5, 0.6) is 0 Å². The van der Waals surface area contributed by atoms with Crippen molar-refractivity contribution in [1.82, 2.24) is 0 Å². The fraction of sp³-hybridized carbons (Fsp3) is 1.00. The molecule has 0 atom stereocenters. The maximum absolute atomic E-state index is 2.38. The van der Waals surface area contributed by atoms with E-state index in [0.29, 0.717) is 0 Å². The molecule has 23 heavy (non-hydrogen) atoms. The second-order valence-corrected chi connectivity index (χ2v) is 8.96. The Morgan fingerprint density at radius 2 is 0.913 bits per heavy atom. The summed E-state index contributed by atoms with van der Waals surface area (Å²) < 4.78 is 0. The van der Waals surface area contributed by atoms with E-state index >= 15 is 0 Å². The summed E-state index contributed by atoms with van der Waals surface area (Å²) in [5.74, 6) is 4.34. The zero-order valence-electron chi connectivity index (χ0n) is 16.3. The van der Waals surface area contributed by atoms with Crippen molar-refractivity contribution in [1.29, 1.82) is 0 Å². The van der Waals surface area contributed by atoms with Gasteiger partial charge in [0.2, 0.25) is 0 Å². The average Bonchev–Trinajstić information content (AvgIpc) is 2.61. The van der Waals surface area contributed by atoms with E-state index < -0.39 is 0 Å². The predicted molar refractivity (Wildman–Crippen MR) is 104 cm³/mol. The number of hydrogen-bond acceptors (Lipinski definition) is 0. The Hall–Kier alpha value is 0. The van der Waals surface area contributed by atoms with Crippen LogP contribution < -0.4 is 0 Å². The van der Waals surface area contributed by atoms with Gasteiger partial charge >= 0.3 is 0 Å². The summed E-state index contributed by atoms with van der Waals surface area (Å²) in [5.41, 5.74) is 0. The molecule has 0 bridgehead atoms. The van der Waals surface area contributed by atoms with Crippen LogP contribution in [0.4, 0.5) is 0 Å². The van der Waals surface area contributed by atoms with Crippen LogP contribution in [-0.2, 0) is 0 Å². The van der Waals surface area contributed by atoms with Crippen molar-refractivity contribution in [2.24, 2.45) is 23.7 Å². The van der Waals surface area contributed by atoms with E-state index in [1.165, 1.54) is 57.8 Å². The molecule has 0 aromatic rings. The quantitative estimate of drug-likeness (QED) is 0.356. The maximum atomic E-state index is 2.38. The summed E-state index contributed by atoms with van der Waals surface area (Å²) >= 11 is 0. The summed E-state index contributed by atoms with van der Waals surface area (Å²) in [5, 5.41) is 0. The highest BCUT2D eigenvalue weighted by molar-refractivity contribution is 4.76. The van der Waals surface area contributed by atoms with E-state index in [1.54, 1.807) is 51.4 Å². The molecule has 0 nitrogen and oxygen atoms in total. The first-order valence-electron chi connectivity index (χ1n) is 11.3. The second-order valence-electron chi connectivity index (χ2n) is 8.96. The van der Waals surface area contributed by atoms with Gasteiger partial charge in [-0.25, -0.2) is 0 Å². The molecule has 0 aromatic heterocycles. The van der Waals surface area contributed by atoms with Gasteiger partial charge in [-0.3, -0.25) is 0 Å². The van der Waals surface area contributed by atoms with Crippen LogP contribution in [0.1, 0.15) is 123 Å². The normalized spacial score (nSPS) is 32.1. The van der Waals surface area contributed by atoms with Crippen molar-refractivity contribution in [3.8, 4) is 0 Å². The van der Waals surface area contributed by atoms with Gasteiger partial charge in [0.25, 0.3) is 0 Å². The molecule has 136 valence electrons. The highest BCUT2D eigenvalue weighted by Gasteiger charge is 2.24. The Labute approximate surface area is 147 Å². The van der Waals surface area contributed by atoms with Gasteiger partial charge in [-0.15, -0.1) is 0 Å². The lowest BCUT2D eigenvalue weighted by Crippen LogP contribution is -2.18. The Balaban J connectivity index is 1.48. The lowest BCUT2D eigenvalue weighted by molar-refractivity contribution is 0.210. The Bertz CT molecular complexity index is 266. The lowest BCUT2D eigenvalue weighted by atomic mass is 9.74. The summed E-state index contributed by atoms with van der Waals surface area (Å²) in [6.45, 7) is 4.70. The van der Waals surface area contributed by atoms with Gasteiger partial charge in [0.1, 0.15) is 0 Å². The fourth-order valence-electron chi connectivity index (χ4n) is 5.25. The molecular formula is C23H44. The van der Waals surface area contributed by atoms with Crippen LogP contribution in [0, 0.1) is 23.7 Å². The number of hydrogen-bond donors (Lipinski definition) is 0. The Morgan fingerprint density at radius 3 is 1.39 bits per heavy atom. The van der Waals surface area contributed by atoms with Gasteiger partial charge in [0.15, 0.2) is 0 Å². The van der Waals surface area contributed by atoms with E-state index in [1.807, 2.05) is 0 Å². The van der Waals surface area contributed by atoms with Crippen LogP contribution in [0.15, 0.2) is 0 Å². The third-order valence-electron chi connectivity index (χ3n) is 7.21. The van der Waals surface area contributed by atoms with Crippen LogP contribution >= 0.6 is 0 Å². The van der Waals surface area contributed by atoms with E-state index in [0.717, 1.165) is 23.7 Å². The van der Waals surface area contributed by atoms with Crippen LogP contribution in [0.2, 0.25) is 0 Å². The molecule has 0 heteroatoms. The molecule has 0 amide bonds. The molecule has 0 N–H and O–H groups in total. The number of rotatable bonds is 10. The number of unbranched alkanes of at least 4 members (excludes halogenated alkanes) is 4. The van der Waals surface area contributed by atoms with Gasteiger partial charge in [-0.1, -0.05) is 123 Å². The van der Waals surface area contributed by atoms with Crippen molar-refractivity contribution < 1.29 is 0 Å². The van der Waals surface area contributed by atoms with Gasteiger partial charge in [0.05, 0.1) is 0 Å². The first-order chi connectivity index (χ1) is 11.3. The minimum atomic E-state index is 1.07. The molecule has 2 rings (SSSR count). The first kappa shape index (κ1) is 19.3. The van der Waals surface area contributed by atoms with Crippen LogP contribution in [0.3, 0.4) is 0 Å². The van der Waals surface area contributed by atoms with Crippen molar-refractivity contribution in [2.75, 3.05) is 0 Å². The van der Waals surface area contributed by atoms with Crippen LogP contribution in [-0.4, -0.2) is 0 Å². The molecule has 0 spiro atoms. The van der Waals surface area contributed by atoms with Crippen molar-refractivity contribution in [3.63, 3.8) is 0 Å². The molecule has 0 unspecified atom stereocenters. The average molecular weight is 321 g/mol. The van der Waals surface area contributed by atoms with Crippen molar-refractivity contribution in [3.05, 3.63) is 0 Å². The lowest BCUT2D eigenvalue weighted by Gasteiger charge is -2.31. The second kappa shape index (κ2) is 11.5. The van der Waals surface area contributed by atoms with Crippen LogP contribution in [0.25, 0.3) is 0 Å². The minimum Gasteiger partial charge on any atom is -0.0654 e. The minimum absolute atomic E-state index is 1.07. The summed E-state index contributed by atoms with van der Waals surface area (Å²) in [4.78, 5) is 0. The highest BCUT2D eigenvalue weighted by atomic mass is 14.3. The van der Waals surface area contributed by atoms with Gasteiger partial charge < -0.3 is 0 Å². The smallest absolute Gasteiger partial charge is 0.0414 e. The predicted octanol–water partition coefficient (Wildman–Crippen LogP) is 8.15. The molecular weight excluding hydrogens is 276 g/mol. The first-order valence-corrected chi connectivity index (χ1v) is 11.3. The zero-order chi connectivity index (χ0) is 16.3. The maximum Gasteiger partial charge on any atom is -0.0414 e. The molecule has 0 aliphatic heterocycles. The standard InChI is InChI=1S/C23H44/c1-3-5-6-7-8-9-21-14-16-23(17-15-21)19-18-22-12-10-20(4-2)11-13-22/h20-23H,3-19H2,1-2H3. The molecule has 2 saturated carbocycles. The SMILES string of the molecule is CCCCCCCC1CCC(CCC2CCC(CC)CC2)CC1. The highest BCUT2D eigenvalue weighted by Crippen LogP contribution is 2.38. The molecule has 0 saturated heterocycles. The third kappa shape index (κ3) is 7.61. The van der Waals surface area contributed by atoms with Crippen molar-refractivity contribution in [2.45, 2.75) is 123 Å². The van der Waals surface area contributed by atoms with Gasteiger partial charge in [-0.05, 0) is 23.7 Å². The van der Waals surface area contributed by atoms with E-state index in [-0.39, 0.29) is 0 Å². The summed E-state index contributed by atoms with van der Waals surface area (Å²) in [6.07, 6.45) is 25.8. The Kier molecular flexibility index (Phi) is 9.69. The van der Waals surface area contributed by atoms with E-state index in [2.05, 4.69) is 13.8 Å².